The van der Waals surface area contributed by atoms with Crippen LogP contribution in [0.2, 0.25) is 0 Å². The Bertz CT molecular complexity index is 3130. The minimum Gasteiger partial charge on any atom is -0.454 e. The van der Waals surface area contributed by atoms with Crippen LogP contribution < -0.4 is 35.7 Å². The topological polar surface area (TPSA) is 24.9 Å². The first-order valence-corrected chi connectivity index (χ1v) is 21.9. The molecule has 0 aliphatic carbocycles. The molecule has 284 valence electrons. The number of thiophene rings is 2. The number of ether oxygens (including phenoxy) is 2. The molecule has 59 heavy (non-hydrogen) atoms. The fourth-order valence-electron chi connectivity index (χ4n) is 9.38. The minimum absolute atomic E-state index is 0.0108. The molecule has 0 spiro atoms. The molecule has 0 radical (unpaired) electrons. The number of fused-ring (bicyclic) bond motifs is 7. The molecular formula is C52H39BN2O2S2. The van der Waals surface area contributed by atoms with Gasteiger partial charge in [-0.1, -0.05) is 93.6 Å². The average Bonchev–Trinajstić information content (AvgIpc) is 4.01. The van der Waals surface area contributed by atoms with Gasteiger partial charge in [-0.15, -0.1) is 22.7 Å². The number of nitrogens with zero attached hydrogens (tertiary/aromatic N) is 2. The van der Waals surface area contributed by atoms with Crippen molar-refractivity contribution < 1.29 is 9.47 Å². The second-order valence-electron chi connectivity index (χ2n) is 17.0. The molecule has 0 atom stereocenters. The van der Waals surface area contributed by atoms with Crippen LogP contribution in [0.25, 0.3) is 41.1 Å². The van der Waals surface area contributed by atoms with Crippen LogP contribution in [0.15, 0.2) is 152 Å². The largest absolute Gasteiger partial charge is 0.454 e. The van der Waals surface area contributed by atoms with Crippen LogP contribution >= 0.6 is 22.7 Å². The van der Waals surface area contributed by atoms with Gasteiger partial charge in [0.05, 0.1) is 5.69 Å². The molecule has 0 bridgehead atoms. The molecule has 0 amide bonds. The van der Waals surface area contributed by atoms with Crippen LogP contribution in [0.5, 0.6) is 11.5 Å². The molecule has 2 aromatic heterocycles. The molecule has 0 N–H and O–H groups in total. The normalized spacial score (nSPS) is 13.9. The van der Waals surface area contributed by atoms with Gasteiger partial charge in [-0.05, 0) is 135 Å². The Labute approximate surface area is 352 Å². The summed E-state index contributed by atoms with van der Waals surface area (Å²) >= 11 is 3.72. The van der Waals surface area contributed by atoms with Gasteiger partial charge in [0.2, 0.25) is 6.79 Å². The van der Waals surface area contributed by atoms with Crippen LogP contribution in [0.4, 0.5) is 34.1 Å². The molecule has 5 heterocycles. The van der Waals surface area contributed by atoms with Gasteiger partial charge in [0.1, 0.15) is 0 Å². The third-order valence-corrected chi connectivity index (χ3v) is 14.5. The van der Waals surface area contributed by atoms with Crippen molar-refractivity contribution in [2.75, 3.05) is 16.6 Å². The highest BCUT2D eigenvalue weighted by molar-refractivity contribution is 7.22. The van der Waals surface area contributed by atoms with Crippen LogP contribution in [0, 0.1) is 6.92 Å². The van der Waals surface area contributed by atoms with E-state index in [-0.39, 0.29) is 18.9 Å². The highest BCUT2D eigenvalue weighted by Crippen LogP contribution is 2.48. The Hall–Kier alpha value is -6.28. The second-order valence-corrected chi connectivity index (χ2v) is 19.2. The van der Waals surface area contributed by atoms with Crippen molar-refractivity contribution in [3.05, 3.63) is 163 Å². The van der Waals surface area contributed by atoms with Crippen molar-refractivity contribution in [3.63, 3.8) is 0 Å². The average molecular weight is 799 g/mol. The zero-order chi connectivity index (χ0) is 39.6. The summed E-state index contributed by atoms with van der Waals surface area (Å²) in [6.07, 6.45) is 0. The maximum atomic E-state index is 5.97. The molecule has 0 fully saturated rings. The van der Waals surface area contributed by atoms with Gasteiger partial charge in [0, 0.05) is 53.7 Å². The number of hydrogen-bond acceptors (Lipinski definition) is 6. The maximum Gasteiger partial charge on any atom is 0.252 e. The quantitative estimate of drug-likeness (QED) is 0.166. The second kappa shape index (κ2) is 12.9. The summed E-state index contributed by atoms with van der Waals surface area (Å²) < 4.78 is 14.4. The van der Waals surface area contributed by atoms with E-state index < -0.39 is 0 Å². The molecule has 0 saturated carbocycles. The standard InChI is InChI=1S/C52H39BN2O2S2/c1-31-22-43-51-44(23-31)55(37-13-9-12-32(24-37)49-26-33-10-5-7-14-47(33)58-49)42-25-35(50-27-34-11-6-8-15-48(34)59-50)16-19-39(42)53(51)40-28-36(52(2,3)4)17-20-41(40)54(43)38-18-21-45-46(29-38)57-30-56-45/h5-29H,30H2,1-4H3. The molecule has 12 rings (SSSR count). The molecule has 0 saturated heterocycles. The Morgan fingerprint density at radius 2 is 1.19 bits per heavy atom. The van der Waals surface area contributed by atoms with Gasteiger partial charge in [-0.3, -0.25) is 0 Å². The lowest BCUT2D eigenvalue weighted by molar-refractivity contribution is 0.174. The molecule has 7 heteroatoms. The number of anilines is 6. The molecule has 3 aliphatic rings. The first kappa shape index (κ1) is 34.7. The smallest absolute Gasteiger partial charge is 0.252 e. The molecule has 0 unspecified atom stereocenters. The Morgan fingerprint density at radius 3 is 1.90 bits per heavy atom. The van der Waals surface area contributed by atoms with Crippen molar-refractivity contribution in [1.82, 2.24) is 0 Å². The van der Waals surface area contributed by atoms with Gasteiger partial charge in [-0.2, -0.15) is 0 Å². The summed E-state index contributed by atoms with van der Waals surface area (Å²) in [5, 5.41) is 2.56. The lowest BCUT2D eigenvalue weighted by atomic mass is 9.33. The molecule has 9 aromatic rings. The third kappa shape index (κ3) is 5.48. The van der Waals surface area contributed by atoms with E-state index in [4.69, 9.17) is 9.47 Å². The van der Waals surface area contributed by atoms with Gasteiger partial charge in [-0.25, -0.2) is 0 Å². The van der Waals surface area contributed by atoms with E-state index in [2.05, 4.69) is 183 Å². The zero-order valence-electron chi connectivity index (χ0n) is 33.2. The van der Waals surface area contributed by atoms with Crippen LogP contribution in [-0.4, -0.2) is 13.5 Å². The summed E-state index contributed by atoms with van der Waals surface area (Å²) in [5.41, 5.74) is 15.8. The predicted octanol–water partition coefficient (Wildman–Crippen LogP) is 12.9. The van der Waals surface area contributed by atoms with Crippen molar-refractivity contribution in [2.45, 2.75) is 33.1 Å². The number of benzene rings is 7. The number of rotatable bonds is 4. The zero-order valence-corrected chi connectivity index (χ0v) is 34.9. The van der Waals surface area contributed by atoms with E-state index in [1.807, 2.05) is 28.7 Å². The van der Waals surface area contributed by atoms with E-state index in [9.17, 15) is 0 Å². The minimum atomic E-state index is -0.0312. The van der Waals surface area contributed by atoms with E-state index in [1.54, 1.807) is 0 Å². The van der Waals surface area contributed by atoms with Crippen LogP contribution in [0.3, 0.4) is 0 Å². The van der Waals surface area contributed by atoms with Crippen molar-refractivity contribution in [3.8, 4) is 32.4 Å². The monoisotopic (exact) mass is 798 g/mol. The lowest BCUT2D eigenvalue weighted by Crippen LogP contribution is -2.61. The summed E-state index contributed by atoms with van der Waals surface area (Å²) in [7, 11) is 0. The SMILES string of the molecule is Cc1cc2c3c(c1)N(c1cccc(-c4cc5ccccc5s4)c1)c1cc(-c4cc5ccccc5s4)ccc1B3c1cc(C(C)(C)C)ccc1N2c1ccc2c(c1)OCO2. The van der Waals surface area contributed by atoms with Crippen molar-refractivity contribution in [2.24, 2.45) is 0 Å². The van der Waals surface area contributed by atoms with Crippen LogP contribution in [0.1, 0.15) is 31.9 Å². The van der Waals surface area contributed by atoms with E-state index in [0.717, 1.165) is 22.9 Å². The van der Waals surface area contributed by atoms with E-state index >= 15 is 0 Å². The van der Waals surface area contributed by atoms with Crippen molar-refractivity contribution >= 4 is 100 Å². The van der Waals surface area contributed by atoms with Gasteiger partial charge >= 0.3 is 0 Å². The fraction of sp³-hybridized carbons (Fsp3) is 0.115. The highest BCUT2D eigenvalue weighted by Gasteiger charge is 2.44. The van der Waals surface area contributed by atoms with Gasteiger partial charge in [0.15, 0.2) is 11.5 Å². The first-order chi connectivity index (χ1) is 28.7. The summed E-state index contributed by atoms with van der Waals surface area (Å²) in [4.78, 5) is 7.54. The maximum absolute atomic E-state index is 5.97. The first-order valence-electron chi connectivity index (χ1n) is 20.3. The third-order valence-electron chi connectivity index (χ3n) is 12.2. The fourth-order valence-corrected chi connectivity index (χ4v) is 11.5. The molecule has 7 aromatic carbocycles. The lowest BCUT2D eigenvalue weighted by Gasteiger charge is -2.45. The number of aryl methyl sites for hydroxylation is 1. The van der Waals surface area contributed by atoms with Gasteiger partial charge in [0.25, 0.3) is 6.71 Å². The summed E-state index contributed by atoms with van der Waals surface area (Å²) in [5.74, 6) is 1.56. The highest BCUT2D eigenvalue weighted by atomic mass is 32.1. The summed E-state index contributed by atoms with van der Waals surface area (Å²) in [6.45, 7) is 9.42. The molecule has 3 aliphatic heterocycles. The predicted molar refractivity (Wildman–Crippen MR) is 252 cm³/mol. The Balaban J connectivity index is 1.13. The van der Waals surface area contributed by atoms with Crippen molar-refractivity contribution in [1.29, 1.82) is 0 Å². The summed E-state index contributed by atoms with van der Waals surface area (Å²) in [6, 6.07) is 56.7. The molecular weight excluding hydrogens is 760 g/mol. The van der Waals surface area contributed by atoms with E-state index in [0.29, 0.717) is 0 Å². The molecule has 4 nitrogen and oxygen atoms in total. The number of hydrogen-bond donors (Lipinski definition) is 0. The Kier molecular flexibility index (Phi) is 7.57. The van der Waals surface area contributed by atoms with Crippen LogP contribution in [-0.2, 0) is 5.41 Å². The van der Waals surface area contributed by atoms with Gasteiger partial charge < -0.3 is 19.3 Å². The Morgan fingerprint density at radius 1 is 0.525 bits per heavy atom. The van der Waals surface area contributed by atoms with E-state index in [1.165, 1.54) is 91.3 Å².